The lowest BCUT2D eigenvalue weighted by Gasteiger charge is -1.98. The zero-order chi connectivity index (χ0) is 10.1. The summed E-state index contributed by atoms with van der Waals surface area (Å²) in [6.07, 6.45) is 0. The van der Waals surface area contributed by atoms with Crippen LogP contribution in [0.1, 0.15) is 11.1 Å². The molecule has 0 radical (unpaired) electrons. The van der Waals surface area contributed by atoms with Gasteiger partial charge in [0.1, 0.15) is 0 Å². The van der Waals surface area contributed by atoms with E-state index in [-0.39, 0.29) is 6.61 Å². The maximum atomic E-state index is 9.14. The van der Waals surface area contributed by atoms with Crippen molar-refractivity contribution in [1.82, 2.24) is 0 Å². The van der Waals surface area contributed by atoms with Gasteiger partial charge in [0.05, 0.1) is 16.8 Å². The summed E-state index contributed by atoms with van der Waals surface area (Å²) in [4.78, 5) is 0. The summed E-state index contributed by atoms with van der Waals surface area (Å²) in [6.45, 7) is 0.0376. The van der Waals surface area contributed by atoms with Gasteiger partial charge >= 0.3 is 0 Å². The lowest BCUT2D eigenvalue weighted by molar-refractivity contribution is 0.283. The molecule has 0 saturated carbocycles. The van der Waals surface area contributed by atoms with E-state index in [4.69, 9.17) is 28.3 Å². The summed E-state index contributed by atoms with van der Waals surface area (Å²) in [5.41, 5.74) is 1.87. The van der Waals surface area contributed by atoms with Crippen molar-refractivity contribution in [2.24, 2.45) is 0 Å². The molecule has 0 amide bonds. The number of benzene rings is 1. The minimum Gasteiger partial charge on any atom is -0.392 e. The van der Waals surface area contributed by atoms with Crippen molar-refractivity contribution in [3.05, 3.63) is 33.7 Å². The number of halogens is 2. The van der Waals surface area contributed by atoms with Gasteiger partial charge in [-0.25, -0.2) is 0 Å². The van der Waals surface area contributed by atoms with E-state index in [0.717, 1.165) is 25.5 Å². The molecule has 4 heteroatoms. The van der Waals surface area contributed by atoms with E-state index < -0.39 is 0 Å². The topological polar surface area (TPSA) is 20.2 Å². The molecule has 14 heavy (non-hydrogen) atoms. The van der Waals surface area contributed by atoms with Crippen LogP contribution in [-0.2, 0) is 12.5 Å². The van der Waals surface area contributed by atoms with Crippen LogP contribution in [0, 0.1) is 0 Å². The molecule has 0 aliphatic heterocycles. The van der Waals surface area contributed by atoms with Crippen LogP contribution in [0.25, 0.3) is 10.1 Å². The molecule has 2 aromatic rings. The van der Waals surface area contributed by atoms with E-state index in [0.29, 0.717) is 5.88 Å². The number of alkyl halides is 1. The van der Waals surface area contributed by atoms with Crippen LogP contribution >= 0.6 is 34.5 Å². The second-order valence-electron chi connectivity index (χ2n) is 2.94. The van der Waals surface area contributed by atoms with Gasteiger partial charge < -0.3 is 5.11 Å². The van der Waals surface area contributed by atoms with Gasteiger partial charge in [0.2, 0.25) is 0 Å². The Hall–Kier alpha value is -0.280. The number of thiophene rings is 1. The van der Waals surface area contributed by atoms with Crippen molar-refractivity contribution in [2.75, 3.05) is 0 Å². The molecule has 0 spiro atoms. The van der Waals surface area contributed by atoms with E-state index in [1.165, 1.54) is 11.3 Å². The first-order valence-corrected chi connectivity index (χ1v) is 5.86. The first kappa shape index (κ1) is 10.2. The molecule has 1 aromatic heterocycles. The Morgan fingerprint density at radius 1 is 1.36 bits per heavy atom. The molecule has 1 aromatic carbocycles. The number of rotatable bonds is 2. The molecule has 0 bridgehead atoms. The standard InChI is InChI=1S/C10H8Cl2OS/c11-4-8-7-3-1-2-6(5-13)9(7)14-10(8)12/h1-3,13H,4-5H2. The molecule has 1 N–H and O–H groups in total. The zero-order valence-corrected chi connectivity index (χ0v) is 9.59. The van der Waals surface area contributed by atoms with Crippen molar-refractivity contribution in [2.45, 2.75) is 12.5 Å². The van der Waals surface area contributed by atoms with Gasteiger partial charge in [-0.15, -0.1) is 22.9 Å². The van der Waals surface area contributed by atoms with E-state index in [2.05, 4.69) is 0 Å². The molecule has 0 aliphatic carbocycles. The second kappa shape index (κ2) is 4.07. The lowest BCUT2D eigenvalue weighted by atomic mass is 10.1. The van der Waals surface area contributed by atoms with Gasteiger partial charge in [0, 0.05) is 10.3 Å². The largest absolute Gasteiger partial charge is 0.392 e. The molecule has 0 atom stereocenters. The summed E-state index contributed by atoms with van der Waals surface area (Å²) in [7, 11) is 0. The Morgan fingerprint density at radius 3 is 2.79 bits per heavy atom. The van der Waals surface area contributed by atoms with Crippen LogP contribution in [0.5, 0.6) is 0 Å². The minimum absolute atomic E-state index is 0.0376. The van der Waals surface area contributed by atoms with Crippen molar-refractivity contribution >= 4 is 44.6 Å². The average Bonchev–Trinajstić information content (AvgIpc) is 2.52. The minimum atomic E-state index is 0.0376. The van der Waals surface area contributed by atoms with Crippen molar-refractivity contribution in [1.29, 1.82) is 0 Å². The van der Waals surface area contributed by atoms with E-state index in [9.17, 15) is 0 Å². The smallest absolute Gasteiger partial charge is 0.0985 e. The molecule has 1 nitrogen and oxygen atoms in total. The van der Waals surface area contributed by atoms with Crippen LogP contribution < -0.4 is 0 Å². The highest BCUT2D eigenvalue weighted by Crippen LogP contribution is 2.37. The number of hydrogen-bond acceptors (Lipinski definition) is 2. The highest BCUT2D eigenvalue weighted by molar-refractivity contribution is 7.23. The van der Waals surface area contributed by atoms with Crippen LogP contribution in [0.2, 0.25) is 4.34 Å². The number of fused-ring (bicyclic) bond motifs is 1. The zero-order valence-electron chi connectivity index (χ0n) is 7.26. The summed E-state index contributed by atoms with van der Waals surface area (Å²) < 4.78 is 1.76. The molecular formula is C10H8Cl2OS. The molecule has 74 valence electrons. The van der Waals surface area contributed by atoms with Crippen LogP contribution in [0.15, 0.2) is 18.2 Å². The maximum Gasteiger partial charge on any atom is 0.0985 e. The highest BCUT2D eigenvalue weighted by atomic mass is 35.5. The van der Waals surface area contributed by atoms with Crippen LogP contribution in [0.4, 0.5) is 0 Å². The Balaban J connectivity index is 2.79. The lowest BCUT2D eigenvalue weighted by Crippen LogP contribution is -1.82. The number of aliphatic hydroxyl groups is 1. The van der Waals surface area contributed by atoms with Crippen molar-refractivity contribution in [3.63, 3.8) is 0 Å². The van der Waals surface area contributed by atoms with E-state index in [1.807, 2.05) is 18.2 Å². The van der Waals surface area contributed by atoms with Gasteiger partial charge in [0.15, 0.2) is 0 Å². The van der Waals surface area contributed by atoms with Gasteiger partial charge in [-0.3, -0.25) is 0 Å². The molecule has 1 heterocycles. The predicted molar refractivity (Wildman–Crippen MR) is 62.3 cm³/mol. The summed E-state index contributed by atoms with van der Waals surface area (Å²) in [6, 6.07) is 5.79. The van der Waals surface area contributed by atoms with Gasteiger partial charge in [0.25, 0.3) is 0 Å². The summed E-state index contributed by atoms with van der Waals surface area (Å²) in [5, 5.41) is 10.2. The number of hydrogen-bond donors (Lipinski definition) is 1. The Kier molecular flexibility index (Phi) is 2.98. The average molecular weight is 247 g/mol. The van der Waals surface area contributed by atoms with E-state index >= 15 is 0 Å². The van der Waals surface area contributed by atoms with Crippen LogP contribution in [-0.4, -0.2) is 5.11 Å². The molecular weight excluding hydrogens is 239 g/mol. The summed E-state index contributed by atoms with van der Waals surface area (Å²) in [5.74, 6) is 0.410. The fraction of sp³-hybridized carbons (Fsp3) is 0.200. The molecule has 0 aliphatic rings. The first-order chi connectivity index (χ1) is 6.77. The van der Waals surface area contributed by atoms with E-state index in [1.54, 1.807) is 0 Å². The monoisotopic (exact) mass is 246 g/mol. The quantitative estimate of drug-likeness (QED) is 0.800. The molecule has 0 fully saturated rings. The molecule has 0 saturated heterocycles. The van der Waals surface area contributed by atoms with Crippen molar-refractivity contribution < 1.29 is 5.11 Å². The van der Waals surface area contributed by atoms with Gasteiger partial charge in [-0.2, -0.15) is 0 Å². The van der Waals surface area contributed by atoms with Gasteiger partial charge in [-0.1, -0.05) is 29.8 Å². The molecule has 2 rings (SSSR count). The van der Waals surface area contributed by atoms with Crippen molar-refractivity contribution in [3.8, 4) is 0 Å². The SMILES string of the molecule is OCc1cccc2c(CCl)c(Cl)sc12. The first-order valence-electron chi connectivity index (χ1n) is 4.13. The Bertz CT molecular complexity index is 464. The van der Waals surface area contributed by atoms with Gasteiger partial charge in [-0.05, 0) is 10.9 Å². The fourth-order valence-electron chi connectivity index (χ4n) is 1.45. The second-order valence-corrected chi connectivity index (χ2v) is 4.83. The third-order valence-corrected chi connectivity index (χ3v) is 3.99. The predicted octanol–water partition coefficient (Wildman–Crippen LogP) is 3.79. The normalized spacial score (nSPS) is 11.1. The highest BCUT2D eigenvalue weighted by Gasteiger charge is 2.11. The van der Waals surface area contributed by atoms with Crippen LogP contribution in [0.3, 0.4) is 0 Å². The fourth-order valence-corrected chi connectivity index (χ4v) is 3.32. The summed E-state index contributed by atoms with van der Waals surface area (Å²) >= 11 is 13.3. The third kappa shape index (κ3) is 1.52. The third-order valence-electron chi connectivity index (χ3n) is 2.15. The molecule has 0 unspecified atom stereocenters. The maximum absolute atomic E-state index is 9.14. The number of aliphatic hydroxyl groups excluding tert-OH is 1. The Morgan fingerprint density at radius 2 is 2.14 bits per heavy atom. The Labute approximate surface area is 95.9 Å².